The van der Waals surface area contributed by atoms with Crippen LogP contribution in [0.15, 0.2) is 58.8 Å². The van der Waals surface area contributed by atoms with E-state index in [0.717, 1.165) is 50.7 Å². The molecule has 1 unspecified atom stereocenters. The van der Waals surface area contributed by atoms with E-state index in [1.165, 1.54) is 12.1 Å². The Morgan fingerprint density at radius 1 is 0.846 bits per heavy atom. The molecule has 0 spiro atoms. The van der Waals surface area contributed by atoms with Crippen LogP contribution < -0.4 is 4.74 Å². The van der Waals surface area contributed by atoms with Crippen LogP contribution in [0.25, 0.3) is 0 Å². The van der Waals surface area contributed by atoms with Crippen molar-refractivity contribution in [1.29, 1.82) is 0 Å². The number of esters is 1. The number of nitrogens with zero attached hydrogens (tertiary/aromatic N) is 3. The normalized spacial score (nSPS) is 12.9. The van der Waals surface area contributed by atoms with Crippen LogP contribution in [0.5, 0.6) is 5.75 Å². The highest BCUT2D eigenvalue weighted by Crippen LogP contribution is 2.40. The Morgan fingerprint density at radius 2 is 1.38 bits per heavy atom. The van der Waals surface area contributed by atoms with Crippen molar-refractivity contribution in [3.8, 4) is 5.75 Å². The molecule has 0 bridgehead atoms. The highest BCUT2D eigenvalue weighted by atomic mass is 16.6. The summed E-state index contributed by atoms with van der Waals surface area (Å²) in [7, 11) is 0. The van der Waals surface area contributed by atoms with Crippen LogP contribution in [0.3, 0.4) is 0 Å². The van der Waals surface area contributed by atoms with Gasteiger partial charge in [-0.3, -0.25) is 14.9 Å². The number of nitro benzene ring substituents is 1. The minimum Gasteiger partial charge on any atom is -0.494 e. The summed E-state index contributed by atoms with van der Waals surface area (Å²) < 4.78 is 11.5. The predicted molar refractivity (Wildman–Crippen MR) is 155 cm³/mol. The molecule has 0 heterocycles. The van der Waals surface area contributed by atoms with Crippen LogP contribution in [-0.2, 0) is 9.53 Å². The molecule has 0 amide bonds. The molecule has 0 saturated carbocycles. The van der Waals surface area contributed by atoms with E-state index in [0.29, 0.717) is 24.6 Å². The molecule has 214 valence electrons. The number of benzene rings is 2. The van der Waals surface area contributed by atoms with E-state index in [9.17, 15) is 14.9 Å². The van der Waals surface area contributed by atoms with Crippen molar-refractivity contribution in [3.05, 3.63) is 58.6 Å². The molecule has 8 nitrogen and oxygen atoms in total. The van der Waals surface area contributed by atoms with Gasteiger partial charge in [0, 0.05) is 12.1 Å². The summed E-state index contributed by atoms with van der Waals surface area (Å²) in [5.41, 5.74) is 1.27. The SMILES string of the molecule is CCC(C)(C)CC(C(=O)OCCCCCCOc1ccc(/N=N/c2ccc([N+](=O)[O-])cc2)cc1)C(C)(C)CC. The quantitative estimate of drug-likeness (QED) is 0.0655. The Hall–Kier alpha value is -3.29. The van der Waals surface area contributed by atoms with E-state index in [1.54, 1.807) is 12.1 Å². The predicted octanol–water partition coefficient (Wildman–Crippen LogP) is 9.37. The Labute approximate surface area is 233 Å². The topological polar surface area (TPSA) is 103 Å². The van der Waals surface area contributed by atoms with Crippen LogP contribution in [0.4, 0.5) is 17.1 Å². The summed E-state index contributed by atoms with van der Waals surface area (Å²) in [6.07, 6.45) is 6.61. The smallest absolute Gasteiger partial charge is 0.309 e. The third kappa shape index (κ3) is 11.2. The lowest BCUT2D eigenvalue weighted by Gasteiger charge is -2.37. The number of hydrogen-bond donors (Lipinski definition) is 0. The Bertz CT molecular complexity index is 1060. The van der Waals surface area contributed by atoms with Gasteiger partial charge in [0.05, 0.1) is 35.4 Å². The molecule has 0 saturated heterocycles. The van der Waals surface area contributed by atoms with Gasteiger partial charge in [-0.1, -0.05) is 54.4 Å². The van der Waals surface area contributed by atoms with Crippen molar-refractivity contribution >= 4 is 23.0 Å². The average molecular weight is 540 g/mol. The van der Waals surface area contributed by atoms with E-state index < -0.39 is 4.92 Å². The van der Waals surface area contributed by atoms with Crippen molar-refractivity contribution in [2.75, 3.05) is 13.2 Å². The first-order valence-corrected chi connectivity index (χ1v) is 14.0. The van der Waals surface area contributed by atoms with Crippen molar-refractivity contribution in [2.45, 2.75) is 86.5 Å². The third-order valence-corrected chi connectivity index (χ3v) is 7.58. The highest BCUT2D eigenvalue weighted by Gasteiger charge is 2.38. The van der Waals surface area contributed by atoms with Crippen molar-refractivity contribution < 1.29 is 19.2 Å². The molecular formula is C31H45N3O5. The molecule has 1 atom stereocenters. The Kier molecular flexibility index (Phi) is 12.6. The molecule has 0 aliphatic carbocycles. The number of hydrogen-bond acceptors (Lipinski definition) is 7. The van der Waals surface area contributed by atoms with Crippen molar-refractivity contribution in [3.63, 3.8) is 0 Å². The fourth-order valence-corrected chi connectivity index (χ4v) is 4.01. The number of azo groups is 1. The molecule has 0 aromatic heterocycles. The number of non-ortho nitro benzene ring substituents is 1. The van der Waals surface area contributed by atoms with E-state index >= 15 is 0 Å². The van der Waals surface area contributed by atoms with E-state index in [1.807, 2.05) is 24.3 Å². The molecule has 0 N–H and O–H groups in total. The maximum Gasteiger partial charge on any atom is 0.309 e. The highest BCUT2D eigenvalue weighted by molar-refractivity contribution is 5.73. The van der Waals surface area contributed by atoms with Gasteiger partial charge in [0.2, 0.25) is 0 Å². The monoisotopic (exact) mass is 539 g/mol. The lowest BCUT2D eigenvalue weighted by atomic mass is 9.68. The molecule has 0 aliphatic heterocycles. The van der Waals surface area contributed by atoms with Gasteiger partial charge in [-0.2, -0.15) is 10.2 Å². The summed E-state index contributed by atoms with van der Waals surface area (Å²) in [5.74, 6) is 0.626. The van der Waals surface area contributed by atoms with Crippen LogP contribution in [0, 0.1) is 26.9 Å². The van der Waals surface area contributed by atoms with Crippen molar-refractivity contribution in [1.82, 2.24) is 0 Å². The summed E-state index contributed by atoms with van der Waals surface area (Å²) >= 11 is 0. The average Bonchev–Trinajstić information content (AvgIpc) is 2.92. The van der Waals surface area contributed by atoms with E-state index in [-0.39, 0.29) is 28.4 Å². The second-order valence-corrected chi connectivity index (χ2v) is 11.5. The third-order valence-electron chi connectivity index (χ3n) is 7.58. The molecule has 0 radical (unpaired) electrons. The summed E-state index contributed by atoms with van der Waals surface area (Å²) in [4.78, 5) is 23.2. The van der Waals surface area contributed by atoms with Crippen LogP contribution >= 0.6 is 0 Å². The van der Waals surface area contributed by atoms with E-state index in [2.05, 4.69) is 51.8 Å². The zero-order chi connectivity index (χ0) is 28.9. The Morgan fingerprint density at radius 3 is 1.90 bits per heavy atom. The number of unbranched alkanes of at least 4 members (excludes halogenated alkanes) is 3. The van der Waals surface area contributed by atoms with Crippen LogP contribution in [0.1, 0.15) is 86.5 Å². The lowest BCUT2D eigenvalue weighted by Crippen LogP contribution is -2.35. The molecule has 2 aromatic rings. The van der Waals surface area contributed by atoms with Gasteiger partial charge in [0.1, 0.15) is 5.75 Å². The van der Waals surface area contributed by atoms with Gasteiger partial charge < -0.3 is 9.47 Å². The van der Waals surface area contributed by atoms with Crippen LogP contribution in [0.2, 0.25) is 0 Å². The fraction of sp³-hybridized carbons (Fsp3) is 0.581. The minimum atomic E-state index is -0.448. The standard InChI is InChI=1S/C31H45N3O5/c1-7-30(3,4)23-28(31(5,6)8-2)29(35)39-22-12-10-9-11-21-38-27-19-15-25(16-20-27)33-32-24-13-17-26(18-14-24)34(36)37/h13-20,28H,7-12,21-23H2,1-6H3/b33-32+. The zero-order valence-corrected chi connectivity index (χ0v) is 24.4. The number of nitro groups is 1. The first kappa shape index (κ1) is 31.9. The first-order chi connectivity index (χ1) is 18.5. The molecule has 0 aliphatic rings. The molecule has 0 fully saturated rings. The van der Waals surface area contributed by atoms with Crippen molar-refractivity contribution in [2.24, 2.45) is 27.0 Å². The first-order valence-electron chi connectivity index (χ1n) is 14.0. The van der Waals surface area contributed by atoms with Gasteiger partial charge in [0.25, 0.3) is 5.69 Å². The fourth-order valence-electron chi connectivity index (χ4n) is 4.01. The minimum absolute atomic E-state index is 0.0190. The van der Waals surface area contributed by atoms with Gasteiger partial charge in [0.15, 0.2) is 0 Å². The molecule has 2 aromatic carbocycles. The zero-order valence-electron chi connectivity index (χ0n) is 24.4. The maximum absolute atomic E-state index is 12.9. The number of rotatable bonds is 17. The molecule has 39 heavy (non-hydrogen) atoms. The van der Waals surface area contributed by atoms with Gasteiger partial charge in [-0.05, 0) is 79.3 Å². The molecular weight excluding hydrogens is 494 g/mol. The number of carbonyl (C=O) groups is 1. The van der Waals surface area contributed by atoms with Crippen LogP contribution in [-0.4, -0.2) is 24.1 Å². The maximum atomic E-state index is 12.9. The number of ether oxygens (including phenoxy) is 2. The number of carbonyl (C=O) groups excluding carboxylic acids is 1. The van der Waals surface area contributed by atoms with Gasteiger partial charge in [-0.25, -0.2) is 0 Å². The summed E-state index contributed by atoms with van der Waals surface area (Å²) in [6, 6.07) is 13.2. The second kappa shape index (κ2) is 15.3. The lowest BCUT2D eigenvalue weighted by molar-refractivity contribution is -0.384. The second-order valence-electron chi connectivity index (χ2n) is 11.5. The van der Waals surface area contributed by atoms with E-state index in [4.69, 9.17) is 9.47 Å². The van der Waals surface area contributed by atoms with Gasteiger partial charge >= 0.3 is 5.97 Å². The molecule has 8 heteroatoms. The largest absolute Gasteiger partial charge is 0.494 e. The Balaban J connectivity index is 1.66. The molecule has 2 rings (SSSR count). The summed E-state index contributed by atoms with van der Waals surface area (Å²) in [6.45, 7) is 14.2. The summed E-state index contributed by atoms with van der Waals surface area (Å²) in [5, 5.41) is 19.0. The van der Waals surface area contributed by atoms with Gasteiger partial charge in [-0.15, -0.1) is 0 Å².